The molecule has 0 N–H and O–H groups in total. The van der Waals surface area contributed by atoms with E-state index in [9.17, 15) is 30.7 Å². The third-order valence-electron chi connectivity index (χ3n) is 1.52. The molecule has 1 rings (SSSR count). The Labute approximate surface area is 73.0 Å². The molecule has 14 heavy (non-hydrogen) atoms. The summed E-state index contributed by atoms with van der Waals surface area (Å²) in [5, 5.41) is 0. The number of alkyl halides is 2. The minimum Gasteiger partial charge on any atom is -0.212 e. The molecule has 0 saturated carbocycles. The molecule has 0 spiro atoms. The molecular weight excluding hydrogens is 217 g/mol. The summed E-state index contributed by atoms with van der Waals surface area (Å²) in [4.78, 5) is 0. The Morgan fingerprint density at radius 3 is 1.86 bits per heavy atom. The first-order valence-corrected chi connectivity index (χ1v) is 3.14. The summed E-state index contributed by atoms with van der Waals surface area (Å²) in [5.74, 6) is -15.0. The molecule has 0 aromatic carbocycles. The largest absolute Gasteiger partial charge is 0.353 e. The standard InChI is InChI=1S/C7HF7/c8-1-2(9)3-4(10)6(12)7(13,14)5(3)11/h1H. The first kappa shape index (κ1) is 10.8. The van der Waals surface area contributed by atoms with Crippen molar-refractivity contribution < 1.29 is 30.7 Å². The van der Waals surface area contributed by atoms with Crippen molar-refractivity contribution in [1.82, 2.24) is 0 Å². The molecule has 7 heteroatoms. The van der Waals surface area contributed by atoms with Gasteiger partial charge in [-0.15, -0.1) is 0 Å². The number of rotatable bonds is 1. The van der Waals surface area contributed by atoms with E-state index in [-0.39, 0.29) is 0 Å². The van der Waals surface area contributed by atoms with Crippen molar-refractivity contribution >= 4 is 0 Å². The lowest BCUT2D eigenvalue weighted by Gasteiger charge is -2.05. The average molecular weight is 218 g/mol. The second kappa shape index (κ2) is 3.14. The van der Waals surface area contributed by atoms with Gasteiger partial charge in [0.25, 0.3) is 0 Å². The molecule has 1 aliphatic rings. The normalized spacial score (nSPS) is 22.4. The van der Waals surface area contributed by atoms with Crippen LogP contribution in [0.4, 0.5) is 30.7 Å². The van der Waals surface area contributed by atoms with Crippen LogP contribution in [-0.4, -0.2) is 5.92 Å². The molecule has 0 atom stereocenters. The molecule has 0 saturated heterocycles. The van der Waals surface area contributed by atoms with Gasteiger partial charge in [-0.05, 0) is 0 Å². The lowest BCUT2D eigenvalue weighted by Crippen LogP contribution is -2.14. The Morgan fingerprint density at radius 1 is 1.07 bits per heavy atom. The molecule has 0 aliphatic heterocycles. The van der Waals surface area contributed by atoms with E-state index in [1.807, 2.05) is 0 Å². The van der Waals surface area contributed by atoms with Gasteiger partial charge in [-0.2, -0.15) is 8.78 Å². The third kappa shape index (κ3) is 1.23. The zero-order chi connectivity index (χ0) is 11.1. The highest BCUT2D eigenvalue weighted by Crippen LogP contribution is 2.48. The molecule has 0 amide bonds. The fourth-order valence-corrected chi connectivity index (χ4v) is 0.862. The Bertz CT molecular complexity index is 360. The molecule has 0 aromatic heterocycles. The molecular formula is C7HF7. The van der Waals surface area contributed by atoms with Crippen LogP contribution in [0, 0.1) is 0 Å². The molecule has 0 fully saturated rings. The van der Waals surface area contributed by atoms with Gasteiger partial charge in [-0.3, -0.25) is 0 Å². The van der Waals surface area contributed by atoms with E-state index in [0.717, 1.165) is 0 Å². The zero-order valence-corrected chi connectivity index (χ0v) is 6.22. The van der Waals surface area contributed by atoms with Crippen LogP contribution in [0.1, 0.15) is 0 Å². The van der Waals surface area contributed by atoms with E-state index in [1.54, 1.807) is 0 Å². The number of hydrogen-bond acceptors (Lipinski definition) is 0. The maximum atomic E-state index is 12.5. The van der Waals surface area contributed by atoms with Gasteiger partial charge in [-0.1, -0.05) is 0 Å². The van der Waals surface area contributed by atoms with Crippen LogP contribution in [0.2, 0.25) is 0 Å². The fraction of sp³-hybridized carbons (Fsp3) is 0.143. The van der Waals surface area contributed by atoms with E-state index in [2.05, 4.69) is 0 Å². The van der Waals surface area contributed by atoms with Crippen LogP contribution in [0.15, 0.2) is 35.2 Å². The van der Waals surface area contributed by atoms with Gasteiger partial charge < -0.3 is 0 Å². The first-order valence-electron chi connectivity index (χ1n) is 3.14. The summed E-state index contributed by atoms with van der Waals surface area (Å²) >= 11 is 0. The highest BCUT2D eigenvalue weighted by molar-refractivity contribution is 5.53. The van der Waals surface area contributed by atoms with E-state index in [0.29, 0.717) is 0 Å². The van der Waals surface area contributed by atoms with Crippen LogP contribution >= 0.6 is 0 Å². The average Bonchev–Trinajstić information content (AvgIpc) is 2.28. The van der Waals surface area contributed by atoms with E-state index < -0.39 is 41.1 Å². The quantitative estimate of drug-likeness (QED) is 0.587. The van der Waals surface area contributed by atoms with Gasteiger partial charge in [0.15, 0.2) is 17.5 Å². The Morgan fingerprint density at radius 2 is 1.57 bits per heavy atom. The first-order chi connectivity index (χ1) is 6.34. The van der Waals surface area contributed by atoms with Crippen LogP contribution in [0.25, 0.3) is 0 Å². The molecule has 0 radical (unpaired) electrons. The van der Waals surface area contributed by atoms with E-state index in [1.165, 1.54) is 0 Å². The van der Waals surface area contributed by atoms with Crippen molar-refractivity contribution in [2.24, 2.45) is 0 Å². The summed E-state index contributed by atoms with van der Waals surface area (Å²) in [6.45, 7) is 0. The monoisotopic (exact) mass is 218 g/mol. The van der Waals surface area contributed by atoms with Crippen molar-refractivity contribution in [3.05, 3.63) is 35.2 Å². The van der Waals surface area contributed by atoms with Crippen molar-refractivity contribution in [2.75, 3.05) is 0 Å². The Balaban J connectivity index is 3.39. The van der Waals surface area contributed by atoms with Crippen molar-refractivity contribution in [2.45, 2.75) is 5.92 Å². The lowest BCUT2D eigenvalue weighted by molar-refractivity contribution is 0.0370. The second-order valence-corrected chi connectivity index (χ2v) is 2.35. The minimum absolute atomic E-state index is 0.941. The number of halogens is 7. The van der Waals surface area contributed by atoms with Crippen LogP contribution in [0.5, 0.6) is 0 Å². The third-order valence-corrected chi connectivity index (χ3v) is 1.52. The van der Waals surface area contributed by atoms with Gasteiger partial charge >= 0.3 is 5.92 Å². The van der Waals surface area contributed by atoms with E-state index >= 15 is 0 Å². The summed E-state index contributed by atoms with van der Waals surface area (Å²) in [6, 6.07) is 0. The predicted molar refractivity (Wildman–Crippen MR) is 32.6 cm³/mol. The van der Waals surface area contributed by atoms with Gasteiger partial charge in [-0.25, -0.2) is 22.0 Å². The molecule has 78 valence electrons. The molecule has 0 nitrogen and oxygen atoms in total. The maximum absolute atomic E-state index is 12.5. The van der Waals surface area contributed by atoms with E-state index in [4.69, 9.17) is 0 Å². The molecule has 1 aliphatic carbocycles. The van der Waals surface area contributed by atoms with Gasteiger partial charge in [0, 0.05) is 0 Å². The predicted octanol–water partition coefficient (Wildman–Crippen LogP) is 3.79. The van der Waals surface area contributed by atoms with Crippen LogP contribution in [0.3, 0.4) is 0 Å². The second-order valence-electron chi connectivity index (χ2n) is 2.35. The molecule has 0 heterocycles. The van der Waals surface area contributed by atoms with Gasteiger partial charge in [0.1, 0.15) is 6.33 Å². The van der Waals surface area contributed by atoms with Crippen molar-refractivity contribution in [1.29, 1.82) is 0 Å². The fourth-order valence-electron chi connectivity index (χ4n) is 0.862. The van der Waals surface area contributed by atoms with Gasteiger partial charge in [0.05, 0.1) is 5.57 Å². The minimum atomic E-state index is -4.86. The maximum Gasteiger partial charge on any atom is 0.353 e. The zero-order valence-electron chi connectivity index (χ0n) is 6.22. The molecule has 0 aromatic rings. The SMILES string of the molecule is FC=C(F)C1=C(F)C(F)(F)C(F)=C1F. The Kier molecular flexibility index (Phi) is 2.43. The summed E-state index contributed by atoms with van der Waals surface area (Å²) in [7, 11) is 0. The summed E-state index contributed by atoms with van der Waals surface area (Å²) in [6.07, 6.45) is -0.941. The van der Waals surface area contributed by atoms with Gasteiger partial charge in [0.2, 0.25) is 5.83 Å². The highest BCUT2D eigenvalue weighted by atomic mass is 19.3. The van der Waals surface area contributed by atoms with Crippen LogP contribution in [-0.2, 0) is 0 Å². The number of hydrogen-bond donors (Lipinski definition) is 0. The smallest absolute Gasteiger partial charge is 0.212 e. The topological polar surface area (TPSA) is 0 Å². The lowest BCUT2D eigenvalue weighted by atomic mass is 10.2. The Hall–Kier alpha value is -1.27. The highest BCUT2D eigenvalue weighted by Gasteiger charge is 2.52. The molecule has 0 bridgehead atoms. The summed E-state index contributed by atoms with van der Waals surface area (Å²) in [5.41, 5.74) is -2.02. The number of allylic oxidation sites excluding steroid dienone is 5. The van der Waals surface area contributed by atoms with Crippen molar-refractivity contribution in [3.63, 3.8) is 0 Å². The summed E-state index contributed by atoms with van der Waals surface area (Å²) < 4.78 is 85.5. The van der Waals surface area contributed by atoms with Crippen molar-refractivity contribution in [3.8, 4) is 0 Å². The molecule has 0 unspecified atom stereocenters. The van der Waals surface area contributed by atoms with Crippen LogP contribution < -0.4 is 0 Å².